The van der Waals surface area contributed by atoms with E-state index in [1.54, 1.807) is 0 Å². The monoisotopic (exact) mass is 230 g/mol. The number of nitrogens with two attached hydrogens (primary N) is 1. The van der Waals surface area contributed by atoms with Gasteiger partial charge in [-0.15, -0.1) is 0 Å². The number of benzene rings is 1. The van der Waals surface area contributed by atoms with Gasteiger partial charge in [-0.3, -0.25) is 0 Å². The largest absolute Gasteiger partial charge is 0.330 e. The highest BCUT2D eigenvalue weighted by Crippen LogP contribution is 2.37. The van der Waals surface area contributed by atoms with Crippen LogP contribution in [0.25, 0.3) is 0 Å². The topological polar surface area (TPSA) is 38.0 Å². The van der Waals surface area contributed by atoms with Crippen LogP contribution >= 0.6 is 0 Å². The maximum absolute atomic E-state index is 5.97. The molecule has 2 heteroatoms. The summed E-state index contributed by atoms with van der Waals surface area (Å²) in [6.07, 6.45) is 5.17. The summed E-state index contributed by atoms with van der Waals surface area (Å²) < 4.78 is 0. The fourth-order valence-electron chi connectivity index (χ4n) is 3.71. The van der Waals surface area contributed by atoms with Gasteiger partial charge in [0.05, 0.1) is 0 Å². The molecule has 2 bridgehead atoms. The molecule has 3 N–H and O–H groups in total. The van der Waals surface area contributed by atoms with Gasteiger partial charge in [0.25, 0.3) is 0 Å². The van der Waals surface area contributed by atoms with Crippen molar-refractivity contribution in [2.24, 2.45) is 17.6 Å². The summed E-state index contributed by atoms with van der Waals surface area (Å²) in [7, 11) is 0. The summed E-state index contributed by atoms with van der Waals surface area (Å²) >= 11 is 0. The van der Waals surface area contributed by atoms with Crippen LogP contribution in [0.2, 0.25) is 0 Å². The van der Waals surface area contributed by atoms with Gasteiger partial charge in [-0.1, -0.05) is 30.3 Å². The van der Waals surface area contributed by atoms with Crippen LogP contribution in [-0.2, 0) is 6.42 Å². The lowest BCUT2D eigenvalue weighted by Gasteiger charge is -2.37. The molecule has 4 unspecified atom stereocenters. The fraction of sp³-hybridized carbons (Fsp3) is 0.600. The van der Waals surface area contributed by atoms with Crippen molar-refractivity contribution in [1.29, 1.82) is 0 Å². The number of piperidine rings is 1. The maximum Gasteiger partial charge on any atom is 0.0105 e. The van der Waals surface area contributed by atoms with E-state index in [1.807, 2.05) is 0 Å². The van der Waals surface area contributed by atoms with Crippen molar-refractivity contribution in [1.82, 2.24) is 5.32 Å². The molecule has 0 radical (unpaired) electrons. The first kappa shape index (κ1) is 11.2. The Morgan fingerprint density at radius 3 is 2.76 bits per heavy atom. The number of rotatable bonds is 3. The third-order valence-corrected chi connectivity index (χ3v) is 4.60. The van der Waals surface area contributed by atoms with Crippen LogP contribution in [0.15, 0.2) is 30.3 Å². The third kappa shape index (κ3) is 2.24. The number of hydrogen-bond acceptors (Lipinski definition) is 2. The second-order valence-corrected chi connectivity index (χ2v) is 5.63. The van der Waals surface area contributed by atoms with Crippen molar-refractivity contribution >= 4 is 0 Å². The maximum atomic E-state index is 5.97. The van der Waals surface area contributed by atoms with Crippen LogP contribution in [0.4, 0.5) is 0 Å². The van der Waals surface area contributed by atoms with Crippen molar-refractivity contribution < 1.29 is 0 Å². The van der Waals surface area contributed by atoms with Crippen LogP contribution in [0.5, 0.6) is 0 Å². The molecule has 2 aliphatic heterocycles. The van der Waals surface area contributed by atoms with Gasteiger partial charge in [0, 0.05) is 12.1 Å². The summed E-state index contributed by atoms with van der Waals surface area (Å²) in [4.78, 5) is 0. The van der Waals surface area contributed by atoms with Crippen LogP contribution < -0.4 is 11.1 Å². The van der Waals surface area contributed by atoms with E-state index in [1.165, 1.54) is 31.2 Å². The minimum Gasteiger partial charge on any atom is -0.330 e. The highest BCUT2D eigenvalue weighted by Gasteiger charge is 2.40. The van der Waals surface area contributed by atoms with Gasteiger partial charge in [0.15, 0.2) is 0 Å². The van der Waals surface area contributed by atoms with Gasteiger partial charge in [-0.05, 0) is 49.6 Å². The molecule has 0 saturated carbocycles. The molecule has 2 nitrogen and oxygen atoms in total. The van der Waals surface area contributed by atoms with Crippen molar-refractivity contribution in [2.75, 3.05) is 6.54 Å². The third-order valence-electron chi connectivity index (χ3n) is 4.60. The zero-order chi connectivity index (χ0) is 11.7. The Morgan fingerprint density at radius 1 is 1.18 bits per heavy atom. The Morgan fingerprint density at radius 2 is 2.00 bits per heavy atom. The normalized spacial score (nSPS) is 36.1. The Hall–Kier alpha value is -0.860. The lowest BCUT2D eigenvalue weighted by atomic mass is 9.77. The molecule has 4 atom stereocenters. The second-order valence-electron chi connectivity index (χ2n) is 5.63. The predicted molar refractivity (Wildman–Crippen MR) is 70.7 cm³/mol. The molecular formula is C15H22N2. The molecule has 3 rings (SSSR count). The second kappa shape index (κ2) is 4.79. The van der Waals surface area contributed by atoms with Crippen molar-refractivity contribution in [3.8, 4) is 0 Å². The molecule has 2 fully saturated rings. The van der Waals surface area contributed by atoms with Crippen LogP contribution in [0.3, 0.4) is 0 Å². The Labute approximate surface area is 104 Å². The number of nitrogens with one attached hydrogen (secondary N) is 1. The van der Waals surface area contributed by atoms with E-state index in [0.717, 1.165) is 18.5 Å². The molecule has 0 aromatic heterocycles. The van der Waals surface area contributed by atoms with E-state index in [-0.39, 0.29) is 0 Å². The Balaban J connectivity index is 1.75. The molecule has 2 saturated heterocycles. The Kier molecular flexibility index (Phi) is 3.17. The fourth-order valence-corrected chi connectivity index (χ4v) is 3.71. The average molecular weight is 230 g/mol. The quantitative estimate of drug-likeness (QED) is 0.833. The van der Waals surface area contributed by atoms with Gasteiger partial charge in [-0.2, -0.15) is 0 Å². The van der Waals surface area contributed by atoms with E-state index in [4.69, 9.17) is 5.73 Å². The molecule has 0 aliphatic carbocycles. The minimum absolute atomic E-state index is 0.711. The highest BCUT2D eigenvalue weighted by atomic mass is 15.0. The number of hydrogen-bond donors (Lipinski definition) is 2. The van der Waals surface area contributed by atoms with E-state index in [9.17, 15) is 0 Å². The summed E-state index contributed by atoms with van der Waals surface area (Å²) in [6.45, 7) is 0.853. The standard InChI is InChI=1S/C15H22N2/c16-10-12-9-13-6-7-15(17-13)14(12)8-11-4-2-1-3-5-11/h1-5,12-15,17H,6-10,16H2. The van der Waals surface area contributed by atoms with Crippen LogP contribution in [0, 0.1) is 11.8 Å². The lowest BCUT2D eigenvalue weighted by molar-refractivity contribution is 0.196. The van der Waals surface area contributed by atoms with Crippen LogP contribution in [0.1, 0.15) is 24.8 Å². The molecule has 2 heterocycles. The first-order valence-electron chi connectivity index (χ1n) is 6.87. The van der Waals surface area contributed by atoms with Gasteiger partial charge in [-0.25, -0.2) is 0 Å². The van der Waals surface area contributed by atoms with Gasteiger partial charge in [0.2, 0.25) is 0 Å². The summed E-state index contributed by atoms with van der Waals surface area (Å²) in [5, 5.41) is 3.77. The summed E-state index contributed by atoms with van der Waals surface area (Å²) in [6, 6.07) is 12.3. The van der Waals surface area contributed by atoms with Crippen molar-refractivity contribution in [3.63, 3.8) is 0 Å². The van der Waals surface area contributed by atoms with E-state index in [0.29, 0.717) is 12.0 Å². The zero-order valence-corrected chi connectivity index (χ0v) is 10.3. The van der Waals surface area contributed by atoms with Crippen molar-refractivity contribution in [2.45, 2.75) is 37.8 Å². The predicted octanol–water partition coefficient (Wildman–Crippen LogP) is 1.94. The van der Waals surface area contributed by atoms with Crippen molar-refractivity contribution in [3.05, 3.63) is 35.9 Å². The van der Waals surface area contributed by atoms with Gasteiger partial charge in [0.1, 0.15) is 0 Å². The average Bonchev–Trinajstić information content (AvgIpc) is 2.77. The number of fused-ring (bicyclic) bond motifs is 2. The molecular weight excluding hydrogens is 208 g/mol. The first-order chi connectivity index (χ1) is 8.36. The smallest absolute Gasteiger partial charge is 0.0105 e. The molecule has 92 valence electrons. The zero-order valence-electron chi connectivity index (χ0n) is 10.3. The van der Waals surface area contributed by atoms with E-state index < -0.39 is 0 Å². The molecule has 17 heavy (non-hydrogen) atoms. The minimum atomic E-state index is 0.711. The molecule has 1 aromatic carbocycles. The van der Waals surface area contributed by atoms with E-state index >= 15 is 0 Å². The molecule has 0 amide bonds. The van der Waals surface area contributed by atoms with Crippen LogP contribution in [-0.4, -0.2) is 18.6 Å². The molecule has 2 aliphatic rings. The van der Waals surface area contributed by atoms with E-state index in [2.05, 4.69) is 35.6 Å². The summed E-state index contributed by atoms with van der Waals surface area (Å²) in [5.41, 5.74) is 7.43. The first-order valence-corrected chi connectivity index (χ1v) is 6.87. The van der Waals surface area contributed by atoms with Gasteiger partial charge < -0.3 is 11.1 Å². The molecule has 0 spiro atoms. The molecule has 1 aromatic rings. The Bertz CT molecular complexity index is 362. The van der Waals surface area contributed by atoms with Gasteiger partial charge >= 0.3 is 0 Å². The SMILES string of the molecule is NCC1CC2CCC(N2)C1Cc1ccccc1. The lowest BCUT2D eigenvalue weighted by Crippen LogP contribution is -2.48. The highest BCUT2D eigenvalue weighted by molar-refractivity contribution is 5.17. The summed E-state index contributed by atoms with van der Waals surface area (Å²) in [5.74, 6) is 1.45.